The van der Waals surface area contributed by atoms with Gasteiger partial charge in [0.15, 0.2) is 0 Å². The van der Waals surface area contributed by atoms with Crippen molar-refractivity contribution < 1.29 is 19.4 Å². The van der Waals surface area contributed by atoms with Crippen LogP contribution >= 0.6 is 0 Å². The molecule has 31 heavy (non-hydrogen) atoms. The second kappa shape index (κ2) is 8.70. The molecule has 1 unspecified atom stereocenters. The van der Waals surface area contributed by atoms with Crippen LogP contribution < -0.4 is 0 Å². The number of ether oxygens (including phenoxy) is 1. The van der Waals surface area contributed by atoms with Gasteiger partial charge in [0.25, 0.3) is 11.7 Å². The summed E-state index contributed by atoms with van der Waals surface area (Å²) in [4.78, 5) is 31.5. The van der Waals surface area contributed by atoms with E-state index >= 15 is 0 Å². The second-order valence-corrected chi connectivity index (χ2v) is 7.76. The number of pyridine rings is 1. The van der Waals surface area contributed by atoms with Gasteiger partial charge in [-0.15, -0.1) is 0 Å². The Hall–Kier alpha value is -3.51. The third kappa shape index (κ3) is 4.07. The minimum Gasteiger partial charge on any atom is -0.507 e. The number of likely N-dealkylation sites (tertiary alicyclic amines) is 1. The number of benzene rings is 2. The number of aromatic nitrogens is 1. The zero-order valence-corrected chi connectivity index (χ0v) is 17.5. The van der Waals surface area contributed by atoms with Crippen molar-refractivity contribution in [2.75, 3.05) is 13.2 Å². The SMILES string of the molecule is CC(C)OCCN1C(=O)C(=O)/C(=C(\O)c2ccc3ccccc3c2)C1c1cccnc1. The second-order valence-electron chi connectivity index (χ2n) is 7.76. The molecule has 1 aromatic heterocycles. The molecule has 1 aliphatic heterocycles. The lowest BCUT2D eigenvalue weighted by atomic mass is 9.95. The van der Waals surface area contributed by atoms with Crippen LogP contribution in [0.1, 0.15) is 31.0 Å². The number of hydrogen-bond donors (Lipinski definition) is 1. The number of rotatable bonds is 6. The summed E-state index contributed by atoms with van der Waals surface area (Å²) < 4.78 is 5.60. The summed E-state index contributed by atoms with van der Waals surface area (Å²) in [5, 5.41) is 13.1. The van der Waals surface area contributed by atoms with Crippen LogP contribution in [0.4, 0.5) is 0 Å². The molecule has 0 radical (unpaired) electrons. The minimum atomic E-state index is -0.726. The Labute approximate surface area is 180 Å². The van der Waals surface area contributed by atoms with Gasteiger partial charge in [0.1, 0.15) is 5.76 Å². The fraction of sp³-hybridized carbons (Fsp3) is 0.240. The number of carbonyl (C=O) groups is 2. The van der Waals surface area contributed by atoms with Gasteiger partial charge in [0.05, 0.1) is 24.3 Å². The van der Waals surface area contributed by atoms with E-state index in [0.717, 1.165) is 10.8 Å². The Balaban J connectivity index is 1.80. The summed E-state index contributed by atoms with van der Waals surface area (Å²) in [6.07, 6.45) is 3.24. The minimum absolute atomic E-state index is 0.00580. The molecule has 3 aromatic rings. The van der Waals surface area contributed by atoms with Crippen LogP contribution in [0.3, 0.4) is 0 Å². The number of ketones is 1. The summed E-state index contributed by atoms with van der Waals surface area (Å²) in [5.41, 5.74) is 1.22. The van der Waals surface area contributed by atoms with Crippen molar-refractivity contribution in [3.05, 3.63) is 83.7 Å². The van der Waals surface area contributed by atoms with Crippen molar-refractivity contribution in [3.8, 4) is 0 Å². The van der Waals surface area contributed by atoms with Crippen LogP contribution in [0.2, 0.25) is 0 Å². The number of fused-ring (bicyclic) bond motifs is 1. The van der Waals surface area contributed by atoms with Crippen molar-refractivity contribution in [1.29, 1.82) is 0 Å². The highest BCUT2D eigenvalue weighted by Gasteiger charge is 2.46. The van der Waals surface area contributed by atoms with E-state index in [1.807, 2.05) is 50.2 Å². The van der Waals surface area contributed by atoms with E-state index < -0.39 is 17.7 Å². The van der Waals surface area contributed by atoms with Gasteiger partial charge in [-0.05, 0) is 42.3 Å². The maximum Gasteiger partial charge on any atom is 0.295 e. The number of Topliss-reactive ketones (excluding diaryl/α,β-unsaturated/α-hetero) is 1. The summed E-state index contributed by atoms with van der Waals surface area (Å²) in [7, 11) is 0. The Morgan fingerprint density at radius 2 is 1.87 bits per heavy atom. The summed E-state index contributed by atoms with van der Waals surface area (Å²) >= 11 is 0. The van der Waals surface area contributed by atoms with Crippen LogP contribution in [-0.2, 0) is 14.3 Å². The molecule has 1 N–H and O–H groups in total. The highest BCUT2D eigenvalue weighted by Crippen LogP contribution is 2.39. The number of hydrogen-bond acceptors (Lipinski definition) is 5. The molecule has 0 saturated carbocycles. The van der Waals surface area contributed by atoms with E-state index in [4.69, 9.17) is 4.74 Å². The first-order valence-electron chi connectivity index (χ1n) is 10.3. The first-order valence-corrected chi connectivity index (χ1v) is 10.3. The van der Waals surface area contributed by atoms with Gasteiger partial charge < -0.3 is 14.7 Å². The summed E-state index contributed by atoms with van der Waals surface area (Å²) in [6.45, 7) is 4.34. The summed E-state index contributed by atoms with van der Waals surface area (Å²) in [6, 6.07) is 16.0. The molecular weight excluding hydrogens is 392 g/mol. The normalized spacial score (nSPS) is 18.3. The first kappa shape index (κ1) is 20.8. The fourth-order valence-corrected chi connectivity index (χ4v) is 3.87. The van der Waals surface area contributed by atoms with Crippen LogP contribution in [-0.4, -0.2) is 45.9 Å². The van der Waals surface area contributed by atoms with E-state index in [9.17, 15) is 14.7 Å². The predicted octanol–water partition coefficient (Wildman–Crippen LogP) is 4.08. The average molecular weight is 416 g/mol. The summed E-state index contributed by atoms with van der Waals surface area (Å²) in [5.74, 6) is -1.54. The standard InChI is InChI=1S/C25H24N2O4/c1-16(2)31-13-12-27-22(20-8-5-11-26-15-20)21(24(29)25(27)30)23(28)19-10-9-17-6-3-4-7-18(17)14-19/h3-11,14-16,22,28H,12-13H2,1-2H3/b23-21-. The van der Waals surface area contributed by atoms with E-state index in [0.29, 0.717) is 11.1 Å². The number of aliphatic hydroxyl groups is 1. The average Bonchev–Trinajstić information content (AvgIpc) is 3.03. The topological polar surface area (TPSA) is 79.7 Å². The molecule has 158 valence electrons. The van der Waals surface area contributed by atoms with Gasteiger partial charge >= 0.3 is 0 Å². The Kier molecular flexibility index (Phi) is 5.82. The molecule has 0 bridgehead atoms. The van der Waals surface area contributed by atoms with E-state index in [2.05, 4.69) is 4.98 Å². The predicted molar refractivity (Wildman–Crippen MR) is 118 cm³/mol. The largest absolute Gasteiger partial charge is 0.507 e. The lowest BCUT2D eigenvalue weighted by molar-refractivity contribution is -0.140. The molecule has 0 spiro atoms. The monoisotopic (exact) mass is 416 g/mol. The van der Waals surface area contributed by atoms with E-state index in [1.165, 1.54) is 4.90 Å². The molecule has 1 atom stereocenters. The molecule has 1 fully saturated rings. The lowest BCUT2D eigenvalue weighted by Gasteiger charge is -2.25. The van der Waals surface area contributed by atoms with Crippen molar-refractivity contribution in [2.24, 2.45) is 0 Å². The van der Waals surface area contributed by atoms with Gasteiger partial charge in [0.2, 0.25) is 0 Å². The Bertz CT molecular complexity index is 1150. The third-order valence-corrected chi connectivity index (χ3v) is 5.35. The molecular formula is C25H24N2O4. The smallest absolute Gasteiger partial charge is 0.295 e. The highest BCUT2D eigenvalue weighted by molar-refractivity contribution is 6.46. The van der Waals surface area contributed by atoms with Gasteiger partial charge in [0, 0.05) is 24.5 Å². The van der Waals surface area contributed by atoms with Crippen molar-refractivity contribution in [3.63, 3.8) is 0 Å². The van der Waals surface area contributed by atoms with Crippen LogP contribution in [0, 0.1) is 0 Å². The molecule has 0 aliphatic carbocycles. The highest BCUT2D eigenvalue weighted by atomic mass is 16.5. The van der Waals surface area contributed by atoms with Crippen molar-refractivity contribution >= 4 is 28.2 Å². The van der Waals surface area contributed by atoms with Crippen LogP contribution in [0.15, 0.2) is 72.6 Å². The maximum atomic E-state index is 13.0. The maximum absolute atomic E-state index is 13.0. The number of amides is 1. The van der Waals surface area contributed by atoms with Gasteiger partial charge in [-0.1, -0.05) is 42.5 Å². The molecule has 4 rings (SSSR count). The molecule has 6 nitrogen and oxygen atoms in total. The zero-order valence-electron chi connectivity index (χ0n) is 17.5. The quantitative estimate of drug-likeness (QED) is 0.372. The fourth-order valence-electron chi connectivity index (χ4n) is 3.87. The van der Waals surface area contributed by atoms with Crippen molar-refractivity contribution in [2.45, 2.75) is 26.0 Å². The van der Waals surface area contributed by atoms with E-state index in [-0.39, 0.29) is 30.6 Å². The van der Waals surface area contributed by atoms with Crippen molar-refractivity contribution in [1.82, 2.24) is 9.88 Å². The lowest BCUT2D eigenvalue weighted by Crippen LogP contribution is -2.33. The van der Waals surface area contributed by atoms with Crippen LogP contribution in [0.5, 0.6) is 0 Å². The molecule has 1 aliphatic rings. The Morgan fingerprint density at radius 1 is 1.10 bits per heavy atom. The molecule has 2 aromatic carbocycles. The molecule has 1 amide bonds. The molecule has 6 heteroatoms. The van der Waals surface area contributed by atoms with E-state index in [1.54, 1.807) is 30.6 Å². The number of nitrogens with zero attached hydrogens (tertiary/aromatic N) is 2. The molecule has 1 saturated heterocycles. The van der Waals surface area contributed by atoms with Gasteiger partial charge in [-0.2, -0.15) is 0 Å². The molecule has 2 heterocycles. The number of carbonyl (C=O) groups excluding carboxylic acids is 2. The first-order chi connectivity index (χ1) is 15.0. The van der Waals surface area contributed by atoms with Gasteiger partial charge in [-0.25, -0.2) is 0 Å². The van der Waals surface area contributed by atoms with Gasteiger partial charge in [-0.3, -0.25) is 14.6 Å². The third-order valence-electron chi connectivity index (χ3n) is 5.35. The van der Waals surface area contributed by atoms with Crippen LogP contribution in [0.25, 0.3) is 16.5 Å². The zero-order chi connectivity index (χ0) is 22.0. The number of aliphatic hydroxyl groups excluding tert-OH is 1. The Morgan fingerprint density at radius 3 is 2.58 bits per heavy atom.